The van der Waals surface area contributed by atoms with Crippen LogP contribution in [0.4, 0.5) is 0 Å². The molecule has 8 rings (SSSR count). The Bertz CT molecular complexity index is 1770. The standard InChI is InChI=1S/C34H35N3O7/c1-35-25-15-23(40-2)5-6-24(25)31-32(35)26(17-38)37(16-21-3-7-27-29(13-21)43-19-41-27)18-34(31)9-11-36(12-10-34)33(39)22-4-8-28-30(14-22)44-20-42-28/h3-8,13-15,26,38H,9-12,16-20H2,1-2H3/t26-/m0/s1. The van der Waals surface area contributed by atoms with Crippen LogP contribution in [0.5, 0.6) is 28.7 Å². The molecule has 5 heterocycles. The highest BCUT2D eigenvalue weighted by Crippen LogP contribution is 2.51. The van der Waals surface area contributed by atoms with E-state index in [1.807, 2.05) is 35.2 Å². The van der Waals surface area contributed by atoms with Gasteiger partial charge in [0.1, 0.15) is 5.75 Å². The summed E-state index contributed by atoms with van der Waals surface area (Å²) in [7, 11) is 3.77. The summed E-state index contributed by atoms with van der Waals surface area (Å²) in [5.74, 6) is 3.59. The Hall–Kier alpha value is -4.41. The van der Waals surface area contributed by atoms with Crippen LogP contribution < -0.4 is 23.7 Å². The summed E-state index contributed by atoms with van der Waals surface area (Å²) in [5, 5.41) is 12.1. The average Bonchev–Trinajstić information content (AvgIpc) is 3.79. The Labute approximate surface area is 255 Å². The van der Waals surface area contributed by atoms with Crippen molar-refractivity contribution in [1.82, 2.24) is 14.4 Å². The minimum absolute atomic E-state index is 0.00212. The molecule has 1 aromatic heterocycles. The van der Waals surface area contributed by atoms with Gasteiger partial charge in [-0.15, -0.1) is 0 Å². The molecule has 0 bridgehead atoms. The SMILES string of the molecule is COc1ccc2c3c(n(C)c2c1)[C@H](CO)N(Cc1ccc2c(c1)OCO2)CC31CCN(C(=O)c2ccc3c(c2)OCO3)CC1. The molecule has 4 aliphatic heterocycles. The van der Waals surface area contributed by atoms with Crippen molar-refractivity contribution >= 4 is 16.8 Å². The van der Waals surface area contributed by atoms with Gasteiger partial charge in [0, 0.05) is 61.4 Å². The summed E-state index contributed by atoms with van der Waals surface area (Å²) in [6.07, 6.45) is 1.61. The van der Waals surface area contributed by atoms with Gasteiger partial charge in [-0.05, 0) is 66.4 Å². The zero-order valence-electron chi connectivity index (χ0n) is 24.9. The molecule has 44 heavy (non-hydrogen) atoms. The van der Waals surface area contributed by atoms with Gasteiger partial charge >= 0.3 is 0 Å². The van der Waals surface area contributed by atoms with E-state index < -0.39 is 0 Å². The third-order valence-electron chi connectivity index (χ3n) is 9.87. The van der Waals surface area contributed by atoms with E-state index in [9.17, 15) is 9.90 Å². The molecule has 0 saturated carbocycles. The molecule has 10 heteroatoms. The number of benzene rings is 3. The van der Waals surface area contributed by atoms with Crippen molar-refractivity contribution < 1.29 is 33.6 Å². The quantitative estimate of drug-likeness (QED) is 0.363. The fourth-order valence-electron chi connectivity index (χ4n) is 7.66. The maximum absolute atomic E-state index is 13.6. The number of aromatic nitrogens is 1. The largest absolute Gasteiger partial charge is 0.497 e. The van der Waals surface area contributed by atoms with E-state index in [0.29, 0.717) is 36.7 Å². The van der Waals surface area contributed by atoms with Gasteiger partial charge in [-0.25, -0.2) is 0 Å². The average molecular weight is 598 g/mol. The first-order valence-electron chi connectivity index (χ1n) is 15.1. The van der Waals surface area contributed by atoms with E-state index in [-0.39, 0.29) is 37.6 Å². The van der Waals surface area contributed by atoms with E-state index in [1.54, 1.807) is 13.2 Å². The molecule has 3 aromatic carbocycles. The van der Waals surface area contributed by atoms with Crippen LogP contribution in [0.3, 0.4) is 0 Å². The molecule has 1 amide bonds. The summed E-state index contributed by atoms with van der Waals surface area (Å²) in [5.41, 5.74) is 4.98. The number of amides is 1. The van der Waals surface area contributed by atoms with Gasteiger partial charge in [-0.1, -0.05) is 6.07 Å². The Morgan fingerprint density at radius 1 is 0.932 bits per heavy atom. The van der Waals surface area contributed by atoms with Gasteiger partial charge in [0.05, 0.1) is 25.3 Å². The molecule has 1 atom stereocenters. The first kappa shape index (κ1) is 27.2. The molecule has 1 N–H and O–H groups in total. The van der Waals surface area contributed by atoms with Crippen molar-refractivity contribution in [2.24, 2.45) is 7.05 Å². The molecule has 0 aliphatic carbocycles. The third-order valence-corrected chi connectivity index (χ3v) is 9.87. The number of aliphatic hydroxyl groups is 1. The highest BCUT2D eigenvalue weighted by Gasteiger charge is 2.48. The lowest BCUT2D eigenvalue weighted by Gasteiger charge is -2.50. The van der Waals surface area contributed by atoms with Crippen molar-refractivity contribution in [3.63, 3.8) is 0 Å². The number of aryl methyl sites for hydroxylation is 1. The molecule has 1 saturated heterocycles. The molecule has 228 valence electrons. The van der Waals surface area contributed by atoms with Gasteiger partial charge in [0.15, 0.2) is 23.0 Å². The molecule has 4 aromatic rings. The van der Waals surface area contributed by atoms with Crippen LogP contribution in [-0.4, -0.2) is 72.3 Å². The smallest absolute Gasteiger partial charge is 0.253 e. The predicted molar refractivity (Wildman–Crippen MR) is 162 cm³/mol. The minimum atomic E-state index is -0.211. The monoisotopic (exact) mass is 597 g/mol. The lowest BCUT2D eigenvalue weighted by atomic mass is 9.68. The Morgan fingerprint density at radius 2 is 1.64 bits per heavy atom. The van der Waals surface area contributed by atoms with Gasteiger partial charge in [0.2, 0.25) is 13.6 Å². The number of piperidine rings is 1. The molecule has 0 radical (unpaired) electrons. The van der Waals surface area contributed by atoms with E-state index in [4.69, 9.17) is 23.7 Å². The lowest BCUT2D eigenvalue weighted by molar-refractivity contribution is 0.0374. The maximum atomic E-state index is 13.6. The Morgan fingerprint density at radius 3 is 2.36 bits per heavy atom. The number of methoxy groups -OCH3 is 1. The number of likely N-dealkylation sites (tertiary alicyclic amines) is 1. The summed E-state index contributed by atoms with van der Waals surface area (Å²) < 4.78 is 30.0. The highest BCUT2D eigenvalue weighted by atomic mass is 16.7. The first-order valence-corrected chi connectivity index (χ1v) is 15.1. The number of hydrogen-bond donors (Lipinski definition) is 1. The Kier molecular flexibility index (Phi) is 6.39. The third kappa shape index (κ3) is 4.19. The molecular weight excluding hydrogens is 562 g/mol. The zero-order valence-corrected chi connectivity index (χ0v) is 24.9. The summed E-state index contributed by atoms with van der Waals surface area (Å²) >= 11 is 0. The van der Waals surface area contributed by atoms with E-state index in [0.717, 1.165) is 53.4 Å². The number of carbonyl (C=O) groups excluding carboxylic acids is 1. The molecule has 1 spiro atoms. The van der Waals surface area contributed by atoms with Gasteiger partial charge in [0.25, 0.3) is 5.91 Å². The van der Waals surface area contributed by atoms with Crippen LogP contribution >= 0.6 is 0 Å². The van der Waals surface area contributed by atoms with E-state index in [1.165, 1.54) is 10.9 Å². The van der Waals surface area contributed by atoms with Crippen LogP contribution in [0.2, 0.25) is 0 Å². The number of carbonyl (C=O) groups is 1. The topological polar surface area (TPSA) is 94.9 Å². The Balaban J connectivity index is 1.16. The number of ether oxygens (including phenoxy) is 5. The summed E-state index contributed by atoms with van der Waals surface area (Å²) in [6.45, 7) is 3.06. The molecule has 1 fully saturated rings. The van der Waals surface area contributed by atoms with Crippen molar-refractivity contribution in [2.45, 2.75) is 30.8 Å². The molecule has 0 unspecified atom stereocenters. The lowest BCUT2D eigenvalue weighted by Crippen LogP contribution is -2.54. The zero-order chi connectivity index (χ0) is 30.0. The highest BCUT2D eigenvalue weighted by molar-refractivity contribution is 5.95. The number of fused-ring (bicyclic) bond motifs is 6. The molecular formula is C34H35N3O7. The normalized spacial score (nSPS) is 19.9. The van der Waals surface area contributed by atoms with E-state index >= 15 is 0 Å². The van der Waals surface area contributed by atoms with Crippen molar-refractivity contribution in [2.75, 3.05) is 46.9 Å². The van der Waals surface area contributed by atoms with E-state index in [2.05, 4.69) is 34.7 Å². The van der Waals surface area contributed by atoms with Crippen LogP contribution in [0.1, 0.15) is 46.1 Å². The summed E-state index contributed by atoms with van der Waals surface area (Å²) in [6, 6.07) is 17.5. The van der Waals surface area contributed by atoms with Gasteiger partial charge in [-0.2, -0.15) is 0 Å². The summed E-state index contributed by atoms with van der Waals surface area (Å²) in [4.78, 5) is 18.0. The second-order valence-corrected chi connectivity index (χ2v) is 12.1. The second-order valence-electron chi connectivity index (χ2n) is 12.1. The van der Waals surface area contributed by atoms with Crippen LogP contribution in [0.25, 0.3) is 10.9 Å². The first-order chi connectivity index (χ1) is 21.5. The fourth-order valence-corrected chi connectivity index (χ4v) is 7.66. The molecule has 10 nitrogen and oxygen atoms in total. The van der Waals surface area contributed by atoms with Crippen LogP contribution in [0.15, 0.2) is 54.6 Å². The van der Waals surface area contributed by atoms with Crippen molar-refractivity contribution in [3.05, 3.63) is 77.0 Å². The number of nitrogens with zero attached hydrogens (tertiary/aromatic N) is 3. The van der Waals surface area contributed by atoms with Crippen LogP contribution in [0, 0.1) is 0 Å². The minimum Gasteiger partial charge on any atom is -0.497 e. The fraction of sp³-hybridized carbons (Fsp3) is 0.382. The molecule has 4 aliphatic rings. The number of hydrogen-bond acceptors (Lipinski definition) is 8. The van der Waals surface area contributed by atoms with Crippen LogP contribution in [-0.2, 0) is 19.0 Å². The predicted octanol–water partition coefficient (Wildman–Crippen LogP) is 4.37. The maximum Gasteiger partial charge on any atom is 0.253 e. The van der Waals surface area contributed by atoms with Gasteiger partial charge < -0.3 is 38.3 Å². The van der Waals surface area contributed by atoms with Crippen molar-refractivity contribution in [3.8, 4) is 28.7 Å². The van der Waals surface area contributed by atoms with Gasteiger partial charge in [-0.3, -0.25) is 9.69 Å². The van der Waals surface area contributed by atoms with Crippen molar-refractivity contribution in [1.29, 1.82) is 0 Å². The second kappa shape index (κ2) is 10.3. The number of aliphatic hydroxyl groups excluding tert-OH is 1. The number of rotatable bonds is 5.